The van der Waals surface area contributed by atoms with Crippen molar-refractivity contribution in [2.75, 3.05) is 0 Å². The van der Waals surface area contributed by atoms with Crippen molar-refractivity contribution in [1.82, 2.24) is 0 Å². The first kappa shape index (κ1) is 24.0. The molecule has 0 unspecified atom stereocenters. The average molecular weight is 577 g/mol. The highest BCUT2D eigenvalue weighted by Gasteiger charge is 2.18. The van der Waals surface area contributed by atoms with E-state index in [4.69, 9.17) is 4.42 Å². The lowest BCUT2D eigenvalue weighted by molar-refractivity contribution is 0.669. The van der Waals surface area contributed by atoms with Gasteiger partial charge in [0.1, 0.15) is 11.2 Å². The quantitative estimate of drug-likeness (QED) is 0.187. The third-order valence-corrected chi connectivity index (χ3v) is 10.4. The largest absolute Gasteiger partial charge is 0.456 e. The van der Waals surface area contributed by atoms with Gasteiger partial charge in [-0.15, -0.1) is 11.3 Å². The van der Waals surface area contributed by atoms with Crippen molar-refractivity contribution in [3.05, 3.63) is 146 Å². The Bertz CT molecular complexity index is 2710. The van der Waals surface area contributed by atoms with Crippen LogP contribution in [0.3, 0.4) is 0 Å². The van der Waals surface area contributed by atoms with Crippen LogP contribution in [-0.4, -0.2) is 0 Å². The smallest absolute Gasteiger partial charge is 0.136 e. The van der Waals surface area contributed by atoms with Crippen LogP contribution in [0.4, 0.5) is 0 Å². The van der Waals surface area contributed by atoms with Gasteiger partial charge in [0, 0.05) is 30.9 Å². The molecule has 1 nitrogen and oxygen atoms in total. The zero-order valence-electron chi connectivity index (χ0n) is 23.7. The van der Waals surface area contributed by atoms with Gasteiger partial charge in [-0.2, -0.15) is 0 Å². The molecule has 0 saturated heterocycles. The van der Waals surface area contributed by atoms with Crippen molar-refractivity contribution in [2.24, 2.45) is 0 Å². The molecule has 8 aromatic carbocycles. The Morgan fingerprint density at radius 3 is 1.70 bits per heavy atom. The van der Waals surface area contributed by atoms with E-state index in [2.05, 4.69) is 146 Å². The van der Waals surface area contributed by atoms with E-state index in [0.29, 0.717) is 0 Å². The van der Waals surface area contributed by atoms with Crippen LogP contribution in [0.2, 0.25) is 0 Å². The molecule has 0 aliphatic rings. The normalized spacial score (nSPS) is 12.1. The van der Waals surface area contributed by atoms with Gasteiger partial charge in [0.05, 0.1) is 0 Å². The van der Waals surface area contributed by atoms with Crippen LogP contribution in [0.1, 0.15) is 0 Å². The first-order chi connectivity index (χ1) is 21.8. The Labute approximate surface area is 257 Å². The molecule has 204 valence electrons. The molecule has 0 saturated carbocycles. The molecular formula is C42H24OS. The standard InChI is InChI=1S/C42H24OS/c1-2-11-26(12-3-1)40-30-14-6-8-16-32(30)41(33-17-9-7-15-31(33)40)27-18-20-29-34-24-39-35(23-37(34)43-36(29)22-27)42-28-13-5-4-10-25(28)19-21-38(42)44-39/h1-24H. The molecule has 0 fully saturated rings. The Morgan fingerprint density at radius 2 is 0.977 bits per heavy atom. The van der Waals surface area contributed by atoms with Gasteiger partial charge in [0.15, 0.2) is 0 Å². The first-order valence-electron chi connectivity index (χ1n) is 15.0. The maximum atomic E-state index is 6.67. The van der Waals surface area contributed by atoms with Crippen LogP contribution in [0.5, 0.6) is 0 Å². The summed E-state index contributed by atoms with van der Waals surface area (Å²) in [5.74, 6) is 0. The molecule has 2 heteroatoms. The number of rotatable bonds is 2. The fourth-order valence-corrected chi connectivity index (χ4v) is 8.47. The highest BCUT2D eigenvalue weighted by Crippen LogP contribution is 2.46. The van der Waals surface area contributed by atoms with E-state index in [9.17, 15) is 0 Å². The second kappa shape index (κ2) is 9.03. The second-order valence-corrected chi connectivity index (χ2v) is 12.7. The average Bonchev–Trinajstić information content (AvgIpc) is 3.63. The summed E-state index contributed by atoms with van der Waals surface area (Å²) in [7, 11) is 0. The van der Waals surface area contributed by atoms with Gasteiger partial charge in [-0.05, 0) is 84.9 Å². The highest BCUT2D eigenvalue weighted by molar-refractivity contribution is 7.26. The van der Waals surface area contributed by atoms with Gasteiger partial charge in [-0.1, -0.05) is 115 Å². The highest BCUT2D eigenvalue weighted by atomic mass is 32.1. The van der Waals surface area contributed by atoms with Crippen LogP contribution in [0.25, 0.3) is 96.7 Å². The van der Waals surface area contributed by atoms with E-state index in [1.165, 1.54) is 80.1 Å². The molecule has 0 atom stereocenters. The minimum atomic E-state index is 0.921. The van der Waals surface area contributed by atoms with Gasteiger partial charge < -0.3 is 4.42 Å². The SMILES string of the molecule is c1ccc(-c2c3ccccc3c(-c3ccc4c(c3)oc3cc5c(cc34)sc3ccc4ccccc4c35)c3ccccc23)cc1. The molecule has 0 amide bonds. The van der Waals surface area contributed by atoms with Crippen molar-refractivity contribution in [3.63, 3.8) is 0 Å². The molecule has 0 bridgehead atoms. The lowest BCUT2D eigenvalue weighted by Crippen LogP contribution is -1.90. The minimum Gasteiger partial charge on any atom is -0.456 e. The molecule has 2 heterocycles. The van der Waals surface area contributed by atoms with Crippen LogP contribution >= 0.6 is 11.3 Å². The predicted octanol–water partition coefficient (Wildman–Crippen LogP) is 12.7. The predicted molar refractivity (Wildman–Crippen MR) is 190 cm³/mol. The van der Waals surface area contributed by atoms with Crippen molar-refractivity contribution in [2.45, 2.75) is 0 Å². The summed E-state index contributed by atoms with van der Waals surface area (Å²) in [4.78, 5) is 0. The van der Waals surface area contributed by atoms with Crippen molar-refractivity contribution in [1.29, 1.82) is 0 Å². The molecule has 0 spiro atoms. The Kier molecular flexibility index (Phi) is 4.94. The number of thiophene rings is 1. The molecule has 0 radical (unpaired) electrons. The molecule has 0 aliphatic carbocycles. The zero-order chi connectivity index (χ0) is 28.8. The third kappa shape index (κ3) is 3.35. The van der Waals surface area contributed by atoms with Crippen molar-refractivity contribution < 1.29 is 4.42 Å². The zero-order valence-corrected chi connectivity index (χ0v) is 24.5. The van der Waals surface area contributed by atoms with E-state index in [1.807, 2.05) is 11.3 Å². The number of hydrogen-bond acceptors (Lipinski definition) is 2. The Hall–Kier alpha value is -5.44. The maximum Gasteiger partial charge on any atom is 0.136 e. The summed E-state index contributed by atoms with van der Waals surface area (Å²) < 4.78 is 9.29. The summed E-state index contributed by atoms with van der Waals surface area (Å²) in [5.41, 5.74) is 6.79. The fourth-order valence-electron chi connectivity index (χ4n) is 7.33. The number of hydrogen-bond donors (Lipinski definition) is 0. The van der Waals surface area contributed by atoms with Crippen LogP contribution < -0.4 is 0 Å². The summed E-state index contributed by atoms with van der Waals surface area (Å²) in [6.07, 6.45) is 0. The van der Waals surface area contributed by atoms with E-state index < -0.39 is 0 Å². The molecule has 44 heavy (non-hydrogen) atoms. The minimum absolute atomic E-state index is 0.921. The molecule has 2 aromatic heterocycles. The number of furan rings is 1. The van der Waals surface area contributed by atoms with Crippen LogP contribution in [0.15, 0.2) is 150 Å². The fraction of sp³-hybridized carbons (Fsp3) is 0. The monoisotopic (exact) mass is 576 g/mol. The van der Waals surface area contributed by atoms with E-state index in [-0.39, 0.29) is 0 Å². The maximum absolute atomic E-state index is 6.67. The lowest BCUT2D eigenvalue weighted by Gasteiger charge is -2.17. The first-order valence-corrected chi connectivity index (χ1v) is 15.8. The number of fused-ring (bicyclic) bond motifs is 10. The van der Waals surface area contributed by atoms with Gasteiger partial charge in [-0.3, -0.25) is 0 Å². The Balaban J connectivity index is 1.24. The lowest BCUT2D eigenvalue weighted by atomic mass is 9.86. The molecule has 10 rings (SSSR count). The van der Waals surface area contributed by atoms with E-state index >= 15 is 0 Å². The molecule has 0 aliphatic heterocycles. The molecule has 10 aromatic rings. The second-order valence-electron chi connectivity index (χ2n) is 11.6. The topological polar surface area (TPSA) is 13.1 Å². The van der Waals surface area contributed by atoms with Crippen molar-refractivity contribution in [3.8, 4) is 22.3 Å². The van der Waals surface area contributed by atoms with Crippen LogP contribution in [-0.2, 0) is 0 Å². The summed E-state index contributed by atoms with van der Waals surface area (Å²) >= 11 is 1.86. The summed E-state index contributed by atoms with van der Waals surface area (Å²) in [6, 6.07) is 52.9. The van der Waals surface area contributed by atoms with Crippen molar-refractivity contribution >= 4 is 85.8 Å². The molecular weight excluding hydrogens is 553 g/mol. The summed E-state index contributed by atoms with van der Waals surface area (Å²) in [5, 5.41) is 12.5. The summed E-state index contributed by atoms with van der Waals surface area (Å²) in [6.45, 7) is 0. The van der Waals surface area contributed by atoms with Gasteiger partial charge in [0.25, 0.3) is 0 Å². The van der Waals surface area contributed by atoms with Gasteiger partial charge in [0.2, 0.25) is 0 Å². The van der Waals surface area contributed by atoms with Crippen LogP contribution in [0, 0.1) is 0 Å². The van der Waals surface area contributed by atoms with E-state index in [1.54, 1.807) is 0 Å². The third-order valence-electron chi connectivity index (χ3n) is 9.24. The van der Waals surface area contributed by atoms with E-state index in [0.717, 1.165) is 16.6 Å². The van der Waals surface area contributed by atoms with Gasteiger partial charge in [-0.25, -0.2) is 0 Å². The van der Waals surface area contributed by atoms with Gasteiger partial charge >= 0.3 is 0 Å². The Morgan fingerprint density at radius 1 is 0.364 bits per heavy atom. The molecule has 0 N–H and O–H groups in total. The number of benzene rings is 8.